The minimum absolute atomic E-state index is 0.290. The number of hydrogen-bond donors (Lipinski definition) is 1. The van der Waals surface area contributed by atoms with E-state index in [4.69, 9.17) is 9.47 Å². The van der Waals surface area contributed by atoms with Crippen molar-refractivity contribution >= 4 is 27.5 Å². The van der Waals surface area contributed by atoms with Gasteiger partial charge in [-0.3, -0.25) is 0 Å². The molecular formula is C18H16O4. The lowest BCUT2D eigenvalue weighted by Crippen LogP contribution is -2.00. The number of carbonyl (C=O) groups is 1. The Labute approximate surface area is 127 Å². The fourth-order valence-electron chi connectivity index (χ4n) is 2.95. The lowest BCUT2D eigenvalue weighted by atomic mass is 9.93. The molecule has 0 saturated carbocycles. The van der Waals surface area contributed by atoms with Crippen LogP contribution in [-0.2, 0) is 0 Å². The van der Waals surface area contributed by atoms with Crippen LogP contribution in [-0.4, -0.2) is 25.3 Å². The Hall–Kier alpha value is -2.75. The standard InChI is InChI=1S/C18H16O4/c1-10-5-4-6-12-13(18(19)20)9-11-7-8-14(21-2)17(22-3)16(11)15(10)12/h4-9H,1-3H3,(H,19,20). The predicted octanol–water partition coefficient (Wildman–Crippen LogP) is 4.02. The molecule has 22 heavy (non-hydrogen) atoms. The zero-order chi connectivity index (χ0) is 15.9. The monoisotopic (exact) mass is 296 g/mol. The summed E-state index contributed by atoms with van der Waals surface area (Å²) in [6.45, 7) is 1.96. The Morgan fingerprint density at radius 1 is 1.05 bits per heavy atom. The second-order valence-corrected chi connectivity index (χ2v) is 5.13. The summed E-state index contributed by atoms with van der Waals surface area (Å²) < 4.78 is 10.9. The highest BCUT2D eigenvalue weighted by atomic mass is 16.5. The van der Waals surface area contributed by atoms with Gasteiger partial charge in [0.15, 0.2) is 11.5 Å². The van der Waals surface area contributed by atoms with E-state index in [0.717, 1.165) is 21.7 Å². The third kappa shape index (κ3) is 1.96. The van der Waals surface area contributed by atoms with Gasteiger partial charge < -0.3 is 14.6 Å². The van der Waals surface area contributed by atoms with Crippen molar-refractivity contribution < 1.29 is 19.4 Å². The maximum Gasteiger partial charge on any atom is 0.336 e. The van der Waals surface area contributed by atoms with Crippen LogP contribution in [0.3, 0.4) is 0 Å². The summed E-state index contributed by atoms with van der Waals surface area (Å²) in [6, 6.07) is 11.0. The van der Waals surface area contributed by atoms with Crippen molar-refractivity contribution in [1.82, 2.24) is 0 Å². The van der Waals surface area contributed by atoms with Gasteiger partial charge in [0.2, 0.25) is 0 Å². The quantitative estimate of drug-likeness (QED) is 0.742. The molecule has 4 nitrogen and oxygen atoms in total. The summed E-state index contributed by atoms with van der Waals surface area (Å²) in [5.74, 6) is 0.311. The highest BCUT2D eigenvalue weighted by Gasteiger charge is 2.18. The normalized spacial score (nSPS) is 10.9. The number of aryl methyl sites for hydroxylation is 1. The zero-order valence-corrected chi connectivity index (χ0v) is 12.6. The molecule has 3 aromatic carbocycles. The molecular weight excluding hydrogens is 280 g/mol. The smallest absolute Gasteiger partial charge is 0.336 e. The summed E-state index contributed by atoms with van der Waals surface area (Å²) in [6.07, 6.45) is 0. The van der Waals surface area contributed by atoms with Gasteiger partial charge in [-0.25, -0.2) is 4.79 Å². The molecule has 0 aliphatic carbocycles. The zero-order valence-electron chi connectivity index (χ0n) is 12.6. The van der Waals surface area contributed by atoms with Gasteiger partial charge in [-0.05, 0) is 40.8 Å². The number of hydrogen-bond acceptors (Lipinski definition) is 3. The minimum atomic E-state index is -0.938. The molecule has 0 heterocycles. The van der Waals surface area contributed by atoms with Crippen LogP contribution in [0.25, 0.3) is 21.5 Å². The van der Waals surface area contributed by atoms with E-state index in [9.17, 15) is 9.90 Å². The number of methoxy groups -OCH3 is 2. The highest BCUT2D eigenvalue weighted by Crippen LogP contribution is 2.41. The van der Waals surface area contributed by atoms with Crippen molar-refractivity contribution in [2.45, 2.75) is 6.92 Å². The summed E-state index contributed by atoms with van der Waals surface area (Å²) in [5.41, 5.74) is 1.29. The lowest BCUT2D eigenvalue weighted by Gasteiger charge is -2.15. The fraction of sp³-hybridized carbons (Fsp3) is 0.167. The van der Waals surface area contributed by atoms with E-state index < -0.39 is 5.97 Å². The molecule has 0 aliphatic heterocycles. The minimum Gasteiger partial charge on any atom is -0.493 e. The van der Waals surface area contributed by atoms with Crippen molar-refractivity contribution in [2.24, 2.45) is 0 Å². The maximum atomic E-state index is 11.6. The maximum absolute atomic E-state index is 11.6. The van der Waals surface area contributed by atoms with E-state index in [-0.39, 0.29) is 0 Å². The van der Waals surface area contributed by atoms with E-state index in [1.54, 1.807) is 26.4 Å². The van der Waals surface area contributed by atoms with E-state index in [1.165, 1.54) is 0 Å². The van der Waals surface area contributed by atoms with E-state index in [0.29, 0.717) is 22.4 Å². The third-order valence-corrected chi connectivity index (χ3v) is 3.92. The van der Waals surface area contributed by atoms with Crippen molar-refractivity contribution in [2.75, 3.05) is 14.2 Å². The molecule has 0 amide bonds. The number of rotatable bonds is 3. The van der Waals surface area contributed by atoms with Crippen molar-refractivity contribution in [3.63, 3.8) is 0 Å². The van der Waals surface area contributed by atoms with Gasteiger partial charge >= 0.3 is 5.97 Å². The second kappa shape index (κ2) is 5.22. The highest BCUT2D eigenvalue weighted by molar-refractivity contribution is 6.19. The molecule has 3 rings (SSSR count). The molecule has 0 aliphatic rings. The Balaban J connectivity index is 2.63. The van der Waals surface area contributed by atoms with Gasteiger partial charge in [-0.1, -0.05) is 24.3 Å². The van der Waals surface area contributed by atoms with Crippen LogP contribution in [0.2, 0.25) is 0 Å². The first-order chi connectivity index (χ1) is 10.6. The number of ether oxygens (including phenoxy) is 2. The molecule has 1 N–H and O–H groups in total. The first-order valence-corrected chi connectivity index (χ1v) is 6.88. The van der Waals surface area contributed by atoms with Crippen molar-refractivity contribution in [1.29, 1.82) is 0 Å². The molecule has 4 heteroatoms. The molecule has 112 valence electrons. The summed E-state index contributed by atoms with van der Waals surface area (Å²) in [4.78, 5) is 11.6. The molecule has 0 saturated heterocycles. The molecule has 0 spiro atoms. The average Bonchev–Trinajstić information content (AvgIpc) is 2.52. The Morgan fingerprint density at radius 3 is 2.45 bits per heavy atom. The first-order valence-electron chi connectivity index (χ1n) is 6.88. The van der Waals surface area contributed by atoms with Gasteiger partial charge in [0.1, 0.15) is 0 Å². The number of fused-ring (bicyclic) bond motifs is 3. The Morgan fingerprint density at radius 2 is 1.82 bits per heavy atom. The number of benzene rings is 3. The van der Waals surface area contributed by atoms with Crippen molar-refractivity contribution in [3.05, 3.63) is 47.5 Å². The Kier molecular flexibility index (Phi) is 3.37. The van der Waals surface area contributed by atoms with Gasteiger partial charge in [-0.15, -0.1) is 0 Å². The average molecular weight is 296 g/mol. The topological polar surface area (TPSA) is 55.8 Å². The van der Waals surface area contributed by atoms with Crippen LogP contribution in [0.1, 0.15) is 15.9 Å². The number of aromatic carboxylic acids is 1. The van der Waals surface area contributed by atoms with E-state index >= 15 is 0 Å². The van der Waals surface area contributed by atoms with Crippen LogP contribution in [0.4, 0.5) is 0 Å². The predicted molar refractivity (Wildman–Crippen MR) is 86.3 cm³/mol. The number of carboxylic acids is 1. The molecule has 0 unspecified atom stereocenters. The van der Waals surface area contributed by atoms with E-state index in [1.807, 2.05) is 31.2 Å². The number of carboxylic acid groups (broad SMARTS) is 1. The summed E-state index contributed by atoms with van der Waals surface area (Å²) in [5, 5.41) is 12.8. The largest absolute Gasteiger partial charge is 0.493 e. The Bertz CT molecular complexity index is 897. The van der Waals surface area contributed by atoms with Gasteiger partial charge in [-0.2, -0.15) is 0 Å². The van der Waals surface area contributed by atoms with E-state index in [2.05, 4.69) is 0 Å². The van der Waals surface area contributed by atoms with Gasteiger partial charge in [0.25, 0.3) is 0 Å². The van der Waals surface area contributed by atoms with Crippen LogP contribution >= 0.6 is 0 Å². The molecule has 0 atom stereocenters. The fourth-order valence-corrected chi connectivity index (χ4v) is 2.95. The lowest BCUT2D eigenvalue weighted by molar-refractivity contribution is 0.0699. The van der Waals surface area contributed by atoms with Gasteiger partial charge in [0.05, 0.1) is 19.8 Å². The van der Waals surface area contributed by atoms with Crippen molar-refractivity contribution in [3.8, 4) is 11.5 Å². The SMILES string of the molecule is COc1ccc2cc(C(=O)O)c3cccc(C)c3c2c1OC. The molecule has 0 fully saturated rings. The second-order valence-electron chi connectivity index (χ2n) is 5.13. The molecule has 3 aromatic rings. The van der Waals surface area contributed by atoms with Gasteiger partial charge in [0, 0.05) is 5.39 Å². The first kappa shape index (κ1) is 14.2. The molecule has 0 bridgehead atoms. The molecule has 0 radical (unpaired) electrons. The third-order valence-electron chi connectivity index (χ3n) is 3.92. The summed E-state index contributed by atoms with van der Waals surface area (Å²) >= 11 is 0. The van der Waals surface area contributed by atoms with Crippen LogP contribution in [0.15, 0.2) is 36.4 Å². The van der Waals surface area contributed by atoms with Crippen LogP contribution < -0.4 is 9.47 Å². The van der Waals surface area contributed by atoms with Crippen LogP contribution in [0, 0.1) is 6.92 Å². The summed E-state index contributed by atoms with van der Waals surface area (Å²) in [7, 11) is 3.18. The molecule has 0 aromatic heterocycles. The van der Waals surface area contributed by atoms with Crippen LogP contribution in [0.5, 0.6) is 11.5 Å².